The summed E-state index contributed by atoms with van der Waals surface area (Å²) in [5.41, 5.74) is 2.25. The third-order valence-electron chi connectivity index (χ3n) is 5.92. The van der Waals surface area contributed by atoms with Gasteiger partial charge < -0.3 is 20.9 Å². The van der Waals surface area contributed by atoms with Crippen LogP contribution in [0.2, 0.25) is 10.0 Å². The average molecular weight is 618 g/mol. The minimum atomic E-state index is -0.918. The molecule has 4 rings (SSSR count). The molecule has 4 amide bonds. The summed E-state index contributed by atoms with van der Waals surface area (Å²) >= 11 is 15.5. The van der Waals surface area contributed by atoms with Gasteiger partial charge in [0.2, 0.25) is 5.91 Å². The number of amides is 4. The highest BCUT2D eigenvalue weighted by molar-refractivity contribution is 9.10. The molecule has 0 spiro atoms. The van der Waals surface area contributed by atoms with E-state index in [1.54, 1.807) is 66.7 Å². The van der Waals surface area contributed by atoms with Crippen molar-refractivity contribution in [3.63, 3.8) is 0 Å². The summed E-state index contributed by atoms with van der Waals surface area (Å²) in [6.45, 7) is 0.732. The number of rotatable bonds is 6. The van der Waals surface area contributed by atoms with E-state index >= 15 is 0 Å². The van der Waals surface area contributed by atoms with Gasteiger partial charge in [0.15, 0.2) is 0 Å². The van der Waals surface area contributed by atoms with Crippen LogP contribution in [0.5, 0.6) is 0 Å². The van der Waals surface area contributed by atoms with Crippen molar-refractivity contribution < 1.29 is 19.2 Å². The molecule has 38 heavy (non-hydrogen) atoms. The summed E-state index contributed by atoms with van der Waals surface area (Å²) in [4.78, 5) is 51.7. The van der Waals surface area contributed by atoms with E-state index in [9.17, 15) is 19.2 Å². The number of carbonyl (C=O) groups excluding carboxylic acids is 4. The van der Waals surface area contributed by atoms with Crippen LogP contribution in [0.15, 0.2) is 71.2 Å². The molecule has 1 unspecified atom stereocenters. The van der Waals surface area contributed by atoms with Crippen molar-refractivity contribution in [3.8, 4) is 0 Å². The molecule has 8 nitrogen and oxygen atoms in total. The highest BCUT2D eigenvalue weighted by Crippen LogP contribution is 2.31. The molecule has 0 saturated carbocycles. The van der Waals surface area contributed by atoms with Crippen molar-refractivity contribution in [2.24, 2.45) is 0 Å². The number of nitrogens with zero attached hydrogens (tertiary/aromatic N) is 1. The van der Waals surface area contributed by atoms with Crippen LogP contribution in [0, 0.1) is 0 Å². The molecule has 3 aromatic carbocycles. The largest absolute Gasteiger partial charge is 0.348 e. The number of nitrogens with one attached hydrogen (secondary N) is 3. The maximum Gasteiger partial charge on any atom is 0.313 e. The summed E-state index contributed by atoms with van der Waals surface area (Å²) in [7, 11) is 0. The Morgan fingerprint density at radius 2 is 1.66 bits per heavy atom. The van der Waals surface area contributed by atoms with Crippen LogP contribution in [0.3, 0.4) is 0 Å². The predicted octanol–water partition coefficient (Wildman–Crippen LogP) is 4.94. The molecule has 1 aliphatic rings. The molecular weight excluding hydrogens is 595 g/mol. The predicted molar refractivity (Wildman–Crippen MR) is 150 cm³/mol. The van der Waals surface area contributed by atoms with Gasteiger partial charge in [-0.1, -0.05) is 51.3 Å². The Kier molecular flexibility index (Phi) is 9.04. The van der Waals surface area contributed by atoms with Crippen molar-refractivity contribution in [2.75, 3.05) is 16.8 Å². The van der Waals surface area contributed by atoms with Gasteiger partial charge in [0.05, 0.1) is 10.7 Å². The molecule has 3 aromatic rings. The highest BCUT2D eigenvalue weighted by Gasteiger charge is 2.33. The van der Waals surface area contributed by atoms with Crippen LogP contribution in [0.4, 0.5) is 11.4 Å². The third-order valence-corrected chi connectivity index (χ3v) is 6.99. The Hall–Kier alpha value is -3.40. The van der Waals surface area contributed by atoms with Gasteiger partial charge in [0.25, 0.3) is 5.91 Å². The SMILES string of the molecule is O=C(Nc1ccc(CNC(=O)c2ccc(Br)cc2)cc1)C(=O)NC1CCCN(c2ccc(Cl)cc2Cl)C1=O. The van der Waals surface area contributed by atoms with E-state index in [1.165, 1.54) is 4.90 Å². The van der Waals surface area contributed by atoms with E-state index in [4.69, 9.17) is 23.2 Å². The minimum Gasteiger partial charge on any atom is -0.348 e. The van der Waals surface area contributed by atoms with E-state index in [0.717, 1.165) is 10.0 Å². The second-order valence-corrected chi connectivity index (χ2v) is 10.4. The lowest BCUT2D eigenvalue weighted by atomic mass is 10.0. The molecule has 11 heteroatoms. The zero-order chi connectivity index (χ0) is 27.2. The van der Waals surface area contributed by atoms with Gasteiger partial charge in [-0.2, -0.15) is 0 Å². The summed E-state index contributed by atoms with van der Waals surface area (Å²) < 4.78 is 0.885. The van der Waals surface area contributed by atoms with E-state index in [2.05, 4.69) is 31.9 Å². The lowest BCUT2D eigenvalue weighted by molar-refractivity contribution is -0.138. The number of hydrogen-bond acceptors (Lipinski definition) is 4. The first kappa shape index (κ1) is 27.6. The number of anilines is 2. The van der Waals surface area contributed by atoms with Crippen LogP contribution >= 0.6 is 39.1 Å². The van der Waals surface area contributed by atoms with Gasteiger partial charge in [0.1, 0.15) is 6.04 Å². The maximum atomic E-state index is 13.0. The summed E-state index contributed by atoms with van der Waals surface area (Å²) in [5, 5.41) is 8.65. The van der Waals surface area contributed by atoms with E-state index in [0.29, 0.717) is 52.9 Å². The van der Waals surface area contributed by atoms with Crippen LogP contribution in [0.25, 0.3) is 0 Å². The Balaban J connectivity index is 1.29. The first-order chi connectivity index (χ1) is 18.2. The maximum absolute atomic E-state index is 13.0. The highest BCUT2D eigenvalue weighted by atomic mass is 79.9. The Labute approximate surface area is 237 Å². The fourth-order valence-corrected chi connectivity index (χ4v) is 4.73. The topological polar surface area (TPSA) is 108 Å². The van der Waals surface area contributed by atoms with Crippen LogP contribution in [-0.4, -0.2) is 36.2 Å². The van der Waals surface area contributed by atoms with Gasteiger partial charge in [-0.15, -0.1) is 0 Å². The molecular formula is C27H23BrCl2N4O4. The van der Waals surface area contributed by atoms with Gasteiger partial charge in [-0.05, 0) is 73.0 Å². The standard InChI is InChI=1S/C27H23BrCl2N4O4/c28-18-7-5-17(6-8-18)24(35)31-15-16-3-10-20(11-4-16)32-25(36)26(37)33-22-2-1-13-34(27(22)38)23-12-9-19(29)14-21(23)30/h3-12,14,22H,1-2,13,15H2,(H,31,35)(H,32,36)(H,33,37). The zero-order valence-electron chi connectivity index (χ0n) is 20.0. The first-order valence-electron chi connectivity index (χ1n) is 11.7. The number of carbonyl (C=O) groups is 4. The summed E-state index contributed by atoms with van der Waals surface area (Å²) in [6, 6.07) is 17.7. The monoisotopic (exact) mass is 616 g/mol. The second kappa shape index (κ2) is 12.4. The van der Waals surface area contributed by atoms with E-state index in [1.807, 2.05) is 0 Å². The zero-order valence-corrected chi connectivity index (χ0v) is 23.1. The van der Waals surface area contributed by atoms with Crippen LogP contribution in [0.1, 0.15) is 28.8 Å². The molecule has 1 heterocycles. The van der Waals surface area contributed by atoms with E-state index in [-0.39, 0.29) is 11.8 Å². The quantitative estimate of drug-likeness (QED) is 0.341. The first-order valence-corrected chi connectivity index (χ1v) is 13.3. The lowest BCUT2D eigenvalue weighted by Gasteiger charge is -2.33. The molecule has 1 atom stereocenters. The van der Waals surface area contributed by atoms with Gasteiger partial charge in [-0.3, -0.25) is 19.2 Å². The Morgan fingerprint density at radius 3 is 2.34 bits per heavy atom. The van der Waals surface area contributed by atoms with Crippen molar-refractivity contribution in [1.29, 1.82) is 0 Å². The normalized spacial score (nSPS) is 15.1. The molecule has 0 aliphatic carbocycles. The summed E-state index contributed by atoms with van der Waals surface area (Å²) in [5.74, 6) is -2.37. The molecule has 1 fully saturated rings. The molecule has 3 N–H and O–H groups in total. The lowest BCUT2D eigenvalue weighted by Crippen LogP contribution is -2.54. The molecule has 0 bridgehead atoms. The fraction of sp³-hybridized carbons (Fsp3) is 0.185. The van der Waals surface area contributed by atoms with Gasteiger partial charge >= 0.3 is 11.8 Å². The average Bonchev–Trinajstić information content (AvgIpc) is 2.90. The van der Waals surface area contributed by atoms with Crippen LogP contribution in [-0.2, 0) is 20.9 Å². The fourth-order valence-electron chi connectivity index (χ4n) is 3.95. The number of piperidine rings is 1. The van der Waals surface area contributed by atoms with Gasteiger partial charge in [-0.25, -0.2) is 0 Å². The third kappa shape index (κ3) is 6.92. The van der Waals surface area contributed by atoms with Crippen LogP contribution < -0.4 is 20.9 Å². The molecule has 0 radical (unpaired) electrons. The smallest absolute Gasteiger partial charge is 0.313 e. The number of halogens is 3. The minimum absolute atomic E-state index is 0.208. The Bertz CT molecular complexity index is 1370. The summed E-state index contributed by atoms with van der Waals surface area (Å²) in [6.07, 6.45) is 1.03. The van der Waals surface area contributed by atoms with Crippen molar-refractivity contribution in [3.05, 3.63) is 92.4 Å². The van der Waals surface area contributed by atoms with Crippen molar-refractivity contribution in [1.82, 2.24) is 10.6 Å². The molecule has 0 aromatic heterocycles. The molecule has 1 saturated heterocycles. The van der Waals surface area contributed by atoms with Gasteiger partial charge in [0, 0.05) is 33.8 Å². The Morgan fingerprint density at radius 1 is 0.947 bits per heavy atom. The van der Waals surface area contributed by atoms with E-state index < -0.39 is 17.9 Å². The van der Waals surface area contributed by atoms with Crippen molar-refractivity contribution in [2.45, 2.75) is 25.4 Å². The molecule has 196 valence electrons. The van der Waals surface area contributed by atoms with Crippen molar-refractivity contribution >= 4 is 74.1 Å². The number of benzene rings is 3. The second-order valence-electron chi connectivity index (χ2n) is 8.59. The molecule has 1 aliphatic heterocycles. The number of hydrogen-bond donors (Lipinski definition) is 3.